The van der Waals surface area contributed by atoms with Gasteiger partial charge in [-0.15, -0.1) is 0 Å². The van der Waals surface area contributed by atoms with E-state index in [0.717, 1.165) is 21.4 Å². The van der Waals surface area contributed by atoms with E-state index >= 15 is 0 Å². The molecule has 0 aromatic carbocycles. The number of amides is 1. The molecule has 1 aromatic heterocycles. The Morgan fingerprint density at radius 1 is 1.45 bits per heavy atom. The number of aromatic nitrogens is 2. The lowest BCUT2D eigenvalue weighted by atomic mass is 10.3. The largest absolute Gasteiger partial charge is 0.416 e. The molecule has 1 aromatic rings. The van der Waals surface area contributed by atoms with Gasteiger partial charge in [-0.2, -0.15) is 13.2 Å². The number of alkyl halides is 3. The lowest BCUT2D eigenvalue weighted by Gasteiger charge is -2.15. The second kappa shape index (κ2) is 5.90. The summed E-state index contributed by atoms with van der Waals surface area (Å²) in [5, 5.41) is 10.5. The Balaban J connectivity index is 2.67. The van der Waals surface area contributed by atoms with Crippen molar-refractivity contribution in [2.24, 2.45) is 7.05 Å². The van der Waals surface area contributed by atoms with Crippen LogP contribution in [0.25, 0.3) is 0 Å². The molecule has 1 amide bonds. The van der Waals surface area contributed by atoms with Gasteiger partial charge in [0.05, 0.1) is 6.54 Å². The van der Waals surface area contributed by atoms with Crippen molar-refractivity contribution in [2.45, 2.75) is 18.8 Å². The fourth-order valence-electron chi connectivity index (χ4n) is 1.27. The van der Waals surface area contributed by atoms with Crippen molar-refractivity contribution in [2.75, 3.05) is 6.54 Å². The summed E-state index contributed by atoms with van der Waals surface area (Å²) < 4.78 is 37.6. The molecule has 0 aliphatic rings. The van der Waals surface area contributed by atoms with Crippen molar-refractivity contribution >= 4 is 5.91 Å². The van der Waals surface area contributed by atoms with Gasteiger partial charge in [0.2, 0.25) is 5.91 Å². The Bertz CT molecular complexity index is 605. The first kappa shape index (κ1) is 16.0. The number of nitrogens with one attached hydrogen (secondary N) is 1. The molecular weight excluding hydrogens is 283 g/mol. The third-order valence-electron chi connectivity index (χ3n) is 2.44. The summed E-state index contributed by atoms with van der Waals surface area (Å²) in [6, 6.07) is 1.04. The summed E-state index contributed by atoms with van der Waals surface area (Å²) >= 11 is 0. The topological polar surface area (TPSA) is 93.3 Å². The van der Waals surface area contributed by atoms with Crippen LogP contribution in [-0.4, -0.2) is 39.0 Å². The van der Waals surface area contributed by atoms with Crippen LogP contribution in [0.15, 0.2) is 21.9 Å². The number of nitrogens with zero attached hydrogens (tertiary/aromatic N) is 2. The number of hydrogen-bond acceptors (Lipinski definition) is 4. The van der Waals surface area contributed by atoms with Crippen LogP contribution in [0.5, 0.6) is 0 Å². The lowest BCUT2D eigenvalue weighted by molar-refractivity contribution is -0.201. The number of rotatable bonds is 4. The molecule has 0 aliphatic carbocycles. The van der Waals surface area contributed by atoms with Gasteiger partial charge in [-0.05, 0) is 0 Å². The molecule has 0 saturated heterocycles. The highest BCUT2D eigenvalue weighted by molar-refractivity contribution is 5.75. The van der Waals surface area contributed by atoms with Crippen LogP contribution in [0.2, 0.25) is 0 Å². The average molecular weight is 295 g/mol. The zero-order valence-corrected chi connectivity index (χ0v) is 10.3. The molecule has 7 nitrogen and oxygen atoms in total. The highest BCUT2D eigenvalue weighted by Gasteiger charge is 2.38. The third-order valence-corrected chi connectivity index (χ3v) is 2.44. The quantitative estimate of drug-likeness (QED) is 0.713. The standard InChI is InChI=1S/C10H12F3N3O4/c1-15-8(19)2-3-16(9(15)20)5-7(18)14-4-6(17)10(11,12)13/h2-3,6,17H,4-5H2,1H3,(H,14,18). The van der Waals surface area contributed by atoms with Crippen molar-refractivity contribution in [1.29, 1.82) is 0 Å². The predicted octanol–water partition coefficient (Wildman–Crippen LogP) is -1.41. The van der Waals surface area contributed by atoms with E-state index in [1.165, 1.54) is 7.05 Å². The minimum Gasteiger partial charge on any atom is -0.382 e. The number of halogens is 3. The van der Waals surface area contributed by atoms with Gasteiger partial charge in [-0.3, -0.25) is 18.7 Å². The van der Waals surface area contributed by atoms with Gasteiger partial charge in [-0.1, -0.05) is 0 Å². The van der Waals surface area contributed by atoms with Gasteiger partial charge in [0, 0.05) is 19.3 Å². The van der Waals surface area contributed by atoms with Crippen LogP contribution in [0.4, 0.5) is 13.2 Å². The van der Waals surface area contributed by atoms with Crippen molar-refractivity contribution < 1.29 is 23.1 Å². The number of aliphatic hydroxyl groups excluding tert-OH is 1. The van der Waals surface area contributed by atoms with Crippen LogP contribution in [0.1, 0.15) is 0 Å². The number of hydrogen-bond donors (Lipinski definition) is 2. The van der Waals surface area contributed by atoms with E-state index < -0.39 is 42.5 Å². The zero-order valence-electron chi connectivity index (χ0n) is 10.3. The molecule has 112 valence electrons. The van der Waals surface area contributed by atoms with E-state index in [4.69, 9.17) is 5.11 Å². The molecule has 1 rings (SSSR count). The van der Waals surface area contributed by atoms with E-state index in [2.05, 4.69) is 0 Å². The number of carbonyl (C=O) groups is 1. The Morgan fingerprint density at radius 2 is 2.05 bits per heavy atom. The molecule has 0 saturated carbocycles. The second-order valence-corrected chi connectivity index (χ2v) is 3.98. The third kappa shape index (κ3) is 3.95. The minimum atomic E-state index is -4.83. The molecule has 2 N–H and O–H groups in total. The normalized spacial score (nSPS) is 13.1. The van der Waals surface area contributed by atoms with E-state index in [0.29, 0.717) is 0 Å². The van der Waals surface area contributed by atoms with Gasteiger partial charge in [0.15, 0.2) is 6.10 Å². The number of carbonyl (C=O) groups excluding carboxylic acids is 1. The Labute approximate surface area is 110 Å². The average Bonchev–Trinajstić information content (AvgIpc) is 2.35. The molecule has 10 heteroatoms. The van der Waals surface area contributed by atoms with Gasteiger partial charge < -0.3 is 10.4 Å². The van der Waals surface area contributed by atoms with E-state index in [1.54, 1.807) is 0 Å². The Hall–Kier alpha value is -2.10. The van der Waals surface area contributed by atoms with E-state index in [1.807, 2.05) is 5.32 Å². The van der Waals surface area contributed by atoms with Gasteiger partial charge in [0.1, 0.15) is 6.54 Å². The highest BCUT2D eigenvalue weighted by Crippen LogP contribution is 2.18. The van der Waals surface area contributed by atoms with Gasteiger partial charge >= 0.3 is 11.9 Å². The molecule has 1 heterocycles. The first-order valence-electron chi connectivity index (χ1n) is 5.41. The second-order valence-electron chi connectivity index (χ2n) is 3.98. The molecule has 0 fully saturated rings. The maximum absolute atomic E-state index is 12.0. The molecular formula is C10H12F3N3O4. The first-order valence-corrected chi connectivity index (χ1v) is 5.41. The van der Waals surface area contributed by atoms with Crippen LogP contribution in [0, 0.1) is 0 Å². The van der Waals surface area contributed by atoms with Crippen molar-refractivity contribution in [3.63, 3.8) is 0 Å². The minimum absolute atomic E-state index is 0.558. The summed E-state index contributed by atoms with van der Waals surface area (Å²) in [5.74, 6) is -0.894. The summed E-state index contributed by atoms with van der Waals surface area (Å²) in [5.41, 5.74) is -1.34. The lowest BCUT2D eigenvalue weighted by Crippen LogP contribution is -2.44. The van der Waals surface area contributed by atoms with Crippen LogP contribution in [-0.2, 0) is 18.4 Å². The van der Waals surface area contributed by atoms with Crippen molar-refractivity contribution in [1.82, 2.24) is 14.5 Å². The molecule has 0 radical (unpaired) electrons. The van der Waals surface area contributed by atoms with Gasteiger partial charge in [-0.25, -0.2) is 4.79 Å². The van der Waals surface area contributed by atoms with Crippen molar-refractivity contribution in [3.05, 3.63) is 33.1 Å². The van der Waals surface area contributed by atoms with E-state index in [9.17, 15) is 27.6 Å². The Morgan fingerprint density at radius 3 is 2.60 bits per heavy atom. The molecule has 0 aliphatic heterocycles. The van der Waals surface area contributed by atoms with Crippen LogP contribution < -0.4 is 16.6 Å². The molecule has 0 spiro atoms. The monoisotopic (exact) mass is 295 g/mol. The molecule has 0 bridgehead atoms. The highest BCUT2D eigenvalue weighted by atomic mass is 19.4. The maximum Gasteiger partial charge on any atom is 0.416 e. The van der Waals surface area contributed by atoms with Crippen molar-refractivity contribution in [3.8, 4) is 0 Å². The van der Waals surface area contributed by atoms with Crippen LogP contribution >= 0.6 is 0 Å². The molecule has 20 heavy (non-hydrogen) atoms. The van der Waals surface area contributed by atoms with E-state index in [-0.39, 0.29) is 0 Å². The first-order chi connectivity index (χ1) is 9.12. The maximum atomic E-state index is 12.0. The summed E-state index contributed by atoms with van der Waals surface area (Å²) in [6.07, 6.45) is -6.45. The summed E-state index contributed by atoms with van der Waals surface area (Å²) in [4.78, 5) is 34.0. The predicted molar refractivity (Wildman–Crippen MR) is 61.0 cm³/mol. The number of aliphatic hydroxyl groups is 1. The zero-order chi connectivity index (χ0) is 15.5. The van der Waals surface area contributed by atoms with Crippen LogP contribution in [0.3, 0.4) is 0 Å². The fraction of sp³-hybridized carbons (Fsp3) is 0.500. The smallest absolute Gasteiger partial charge is 0.382 e. The molecule has 1 atom stereocenters. The SMILES string of the molecule is Cn1c(=O)ccn(CC(=O)NCC(O)C(F)(F)F)c1=O. The Kier molecular flexibility index (Phi) is 4.71. The summed E-state index contributed by atoms with van der Waals surface area (Å²) in [6.45, 7) is -1.57. The molecule has 1 unspecified atom stereocenters. The fourth-order valence-corrected chi connectivity index (χ4v) is 1.27. The summed E-state index contributed by atoms with van der Waals surface area (Å²) in [7, 11) is 1.20. The van der Waals surface area contributed by atoms with Gasteiger partial charge in [0.25, 0.3) is 5.56 Å².